The molecule has 0 spiro atoms. The molecule has 0 aliphatic carbocycles. The fourth-order valence-electron chi connectivity index (χ4n) is 3.55. The molecule has 2 aromatic carbocycles. The first kappa shape index (κ1) is 22.3. The summed E-state index contributed by atoms with van der Waals surface area (Å²) in [6, 6.07) is 14.3. The minimum absolute atomic E-state index is 0.0363. The molecule has 35 heavy (non-hydrogen) atoms. The van der Waals surface area contributed by atoms with E-state index in [-0.39, 0.29) is 22.9 Å². The molecular weight excluding hydrogens is 459 g/mol. The van der Waals surface area contributed by atoms with Crippen LogP contribution in [0.1, 0.15) is 33.6 Å². The van der Waals surface area contributed by atoms with E-state index in [0.717, 1.165) is 27.9 Å². The zero-order valence-corrected chi connectivity index (χ0v) is 18.4. The standard InChI is InChI=1S/C24H18F3N7O/c1-14-2-4-15(5-3-14)12-33-13-28-24(32-33)31-23(35)18-11-29-34-20(21(26)27)10-19(30-22(18)34)16-6-8-17(25)9-7-16/h2-11,13,21H,12H2,1H3,(H,31,32,35). The number of anilines is 1. The van der Waals surface area contributed by atoms with E-state index in [1.54, 1.807) is 4.68 Å². The molecule has 5 aromatic rings. The number of rotatable bonds is 6. The molecule has 0 atom stereocenters. The van der Waals surface area contributed by atoms with Gasteiger partial charge >= 0.3 is 0 Å². The molecule has 1 amide bonds. The predicted octanol–water partition coefficient (Wildman–Crippen LogP) is 4.67. The van der Waals surface area contributed by atoms with Crippen LogP contribution >= 0.6 is 0 Å². The molecule has 0 fully saturated rings. The SMILES string of the molecule is Cc1ccc(Cn2cnc(NC(=O)c3cnn4c(C(F)F)cc(-c5ccc(F)cc5)nc34)n2)cc1. The lowest BCUT2D eigenvalue weighted by Gasteiger charge is -2.08. The third-order valence-electron chi connectivity index (χ3n) is 5.33. The van der Waals surface area contributed by atoms with Crippen molar-refractivity contribution >= 4 is 17.5 Å². The highest BCUT2D eigenvalue weighted by Crippen LogP contribution is 2.27. The van der Waals surface area contributed by atoms with E-state index in [2.05, 4.69) is 25.5 Å². The zero-order chi connectivity index (χ0) is 24.5. The largest absolute Gasteiger partial charge is 0.289 e. The van der Waals surface area contributed by atoms with E-state index in [1.807, 2.05) is 31.2 Å². The van der Waals surface area contributed by atoms with Gasteiger partial charge < -0.3 is 0 Å². The number of hydrogen-bond acceptors (Lipinski definition) is 5. The van der Waals surface area contributed by atoms with Gasteiger partial charge in [-0.15, -0.1) is 5.10 Å². The summed E-state index contributed by atoms with van der Waals surface area (Å²) in [6.07, 6.45) is -0.248. The molecule has 0 bridgehead atoms. The molecular formula is C24H18F3N7O. The third kappa shape index (κ3) is 4.60. The number of carbonyl (C=O) groups is 1. The Balaban J connectivity index is 1.43. The molecule has 0 unspecified atom stereocenters. The minimum Gasteiger partial charge on any atom is -0.289 e. The lowest BCUT2D eigenvalue weighted by Crippen LogP contribution is -2.14. The molecule has 176 valence electrons. The molecule has 3 aromatic heterocycles. The van der Waals surface area contributed by atoms with Crippen molar-refractivity contribution in [1.82, 2.24) is 29.4 Å². The van der Waals surface area contributed by atoms with Crippen molar-refractivity contribution < 1.29 is 18.0 Å². The van der Waals surface area contributed by atoms with Crippen LogP contribution in [-0.2, 0) is 6.54 Å². The van der Waals surface area contributed by atoms with Crippen molar-refractivity contribution in [3.63, 3.8) is 0 Å². The summed E-state index contributed by atoms with van der Waals surface area (Å²) in [6.45, 7) is 2.45. The highest BCUT2D eigenvalue weighted by molar-refractivity contribution is 6.07. The molecule has 0 aliphatic rings. The highest BCUT2D eigenvalue weighted by Gasteiger charge is 2.22. The van der Waals surface area contributed by atoms with Gasteiger partial charge in [0.25, 0.3) is 12.3 Å². The smallest absolute Gasteiger partial charge is 0.280 e. The number of nitrogens with one attached hydrogen (secondary N) is 1. The Morgan fingerprint density at radius 3 is 2.54 bits per heavy atom. The van der Waals surface area contributed by atoms with Gasteiger partial charge in [-0.3, -0.25) is 10.1 Å². The van der Waals surface area contributed by atoms with E-state index < -0.39 is 23.8 Å². The molecule has 5 rings (SSSR count). The van der Waals surface area contributed by atoms with Gasteiger partial charge in [-0.2, -0.15) is 5.10 Å². The van der Waals surface area contributed by atoms with E-state index in [0.29, 0.717) is 12.1 Å². The van der Waals surface area contributed by atoms with Gasteiger partial charge in [0.2, 0.25) is 5.95 Å². The molecule has 1 N–H and O–H groups in total. The number of fused-ring (bicyclic) bond motifs is 1. The number of hydrogen-bond donors (Lipinski definition) is 1. The molecule has 11 heteroatoms. The summed E-state index contributed by atoms with van der Waals surface area (Å²) in [7, 11) is 0. The maximum absolute atomic E-state index is 13.7. The Morgan fingerprint density at radius 1 is 1.09 bits per heavy atom. The molecule has 0 aliphatic heterocycles. The third-order valence-corrected chi connectivity index (χ3v) is 5.33. The Bertz CT molecular complexity index is 1510. The summed E-state index contributed by atoms with van der Waals surface area (Å²) in [5, 5.41) is 10.7. The Hall–Kier alpha value is -4.54. The van der Waals surface area contributed by atoms with E-state index in [4.69, 9.17) is 0 Å². The van der Waals surface area contributed by atoms with Gasteiger partial charge in [-0.25, -0.2) is 32.3 Å². The lowest BCUT2D eigenvalue weighted by molar-refractivity contribution is 0.102. The second-order valence-corrected chi connectivity index (χ2v) is 7.87. The monoisotopic (exact) mass is 477 g/mol. The fourth-order valence-corrected chi connectivity index (χ4v) is 3.55. The van der Waals surface area contributed by atoms with Crippen LogP contribution in [0, 0.1) is 12.7 Å². The minimum atomic E-state index is -2.88. The van der Waals surface area contributed by atoms with E-state index in [1.165, 1.54) is 30.6 Å². The van der Waals surface area contributed by atoms with Gasteiger partial charge in [-0.05, 0) is 42.8 Å². The van der Waals surface area contributed by atoms with Crippen LogP contribution < -0.4 is 5.32 Å². The maximum Gasteiger partial charge on any atom is 0.280 e. The number of aryl methyl sites for hydroxylation is 1. The van der Waals surface area contributed by atoms with Crippen molar-refractivity contribution in [1.29, 1.82) is 0 Å². The van der Waals surface area contributed by atoms with E-state index >= 15 is 0 Å². The number of aromatic nitrogens is 6. The summed E-state index contributed by atoms with van der Waals surface area (Å²) >= 11 is 0. The van der Waals surface area contributed by atoms with Crippen LogP contribution in [0.25, 0.3) is 16.9 Å². The number of nitrogens with zero attached hydrogens (tertiary/aromatic N) is 6. The highest BCUT2D eigenvalue weighted by atomic mass is 19.3. The van der Waals surface area contributed by atoms with Crippen LogP contribution in [0.5, 0.6) is 0 Å². The second-order valence-electron chi connectivity index (χ2n) is 7.87. The number of halogens is 3. The first-order valence-electron chi connectivity index (χ1n) is 10.6. The topological polar surface area (TPSA) is 90.0 Å². The Morgan fingerprint density at radius 2 is 1.83 bits per heavy atom. The summed E-state index contributed by atoms with van der Waals surface area (Å²) in [5.41, 5.74) is 2.17. The number of benzene rings is 2. The average molecular weight is 477 g/mol. The van der Waals surface area contributed by atoms with Gasteiger partial charge in [0.05, 0.1) is 18.4 Å². The number of alkyl halides is 2. The molecule has 8 nitrogen and oxygen atoms in total. The quantitative estimate of drug-likeness (QED) is 0.384. The van der Waals surface area contributed by atoms with Gasteiger partial charge in [0.1, 0.15) is 23.4 Å². The van der Waals surface area contributed by atoms with Gasteiger partial charge in [0.15, 0.2) is 5.65 Å². The van der Waals surface area contributed by atoms with Crippen LogP contribution in [0.4, 0.5) is 19.1 Å². The van der Waals surface area contributed by atoms with Crippen molar-refractivity contribution in [2.24, 2.45) is 0 Å². The van der Waals surface area contributed by atoms with Gasteiger partial charge in [0, 0.05) is 5.56 Å². The Labute approximate surface area is 197 Å². The van der Waals surface area contributed by atoms with Crippen molar-refractivity contribution in [3.05, 3.63) is 95.3 Å². The average Bonchev–Trinajstić information content (AvgIpc) is 3.47. The molecule has 3 heterocycles. The zero-order valence-electron chi connectivity index (χ0n) is 18.4. The fraction of sp³-hybridized carbons (Fsp3) is 0.125. The summed E-state index contributed by atoms with van der Waals surface area (Å²) < 4.78 is 43.3. The van der Waals surface area contributed by atoms with Crippen molar-refractivity contribution in [2.75, 3.05) is 5.32 Å². The lowest BCUT2D eigenvalue weighted by atomic mass is 10.1. The molecule has 0 saturated heterocycles. The summed E-state index contributed by atoms with van der Waals surface area (Å²) in [4.78, 5) is 21.4. The first-order valence-corrected chi connectivity index (χ1v) is 10.6. The normalized spacial score (nSPS) is 11.3. The van der Waals surface area contributed by atoms with Crippen LogP contribution in [0.15, 0.2) is 67.1 Å². The first-order chi connectivity index (χ1) is 16.9. The van der Waals surface area contributed by atoms with Crippen molar-refractivity contribution in [3.8, 4) is 11.3 Å². The van der Waals surface area contributed by atoms with Crippen molar-refractivity contribution in [2.45, 2.75) is 19.9 Å². The van der Waals surface area contributed by atoms with Gasteiger partial charge in [-0.1, -0.05) is 29.8 Å². The van der Waals surface area contributed by atoms with Crippen LogP contribution in [-0.4, -0.2) is 35.3 Å². The van der Waals surface area contributed by atoms with Crippen LogP contribution in [0.3, 0.4) is 0 Å². The molecule has 0 saturated carbocycles. The number of amides is 1. The van der Waals surface area contributed by atoms with Crippen LogP contribution in [0.2, 0.25) is 0 Å². The van der Waals surface area contributed by atoms with E-state index in [9.17, 15) is 18.0 Å². The predicted molar refractivity (Wildman–Crippen MR) is 122 cm³/mol. The maximum atomic E-state index is 13.7. The Kier molecular flexibility index (Phi) is 5.73. The summed E-state index contributed by atoms with van der Waals surface area (Å²) in [5.74, 6) is -1.08. The number of carbonyl (C=O) groups excluding carboxylic acids is 1. The second kappa shape index (κ2) is 9.01. The molecule has 0 radical (unpaired) electrons.